The number of aromatic nitrogens is 5. The zero-order valence-corrected chi connectivity index (χ0v) is 30.8. The lowest BCUT2D eigenvalue weighted by atomic mass is 10.0. The summed E-state index contributed by atoms with van der Waals surface area (Å²) in [5.41, 5.74) is 18.0. The first kappa shape index (κ1) is 33.2. The van der Waals surface area contributed by atoms with E-state index < -0.39 is 0 Å². The van der Waals surface area contributed by atoms with E-state index in [4.69, 9.17) is 20.7 Å². The van der Waals surface area contributed by atoms with Crippen LogP contribution in [0.5, 0.6) is 0 Å². The van der Waals surface area contributed by atoms with Gasteiger partial charge in [0.15, 0.2) is 0 Å². The van der Waals surface area contributed by atoms with E-state index in [0.717, 1.165) is 80.5 Å². The number of amidine groups is 1. The summed E-state index contributed by atoms with van der Waals surface area (Å²) in [6.45, 7) is 2.04. The normalized spacial score (nSPS) is 13.2. The third kappa shape index (κ3) is 5.77. The minimum atomic E-state index is 0.450. The molecule has 0 fully saturated rings. The van der Waals surface area contributed by atoms with E-state index in [2.05, 4.69) is 135 Å². The lowest BCUT2D eigenvalue weighted by molar-refractivity contribution is 0.952. The van der Waals surface area contributed by atoms with Crippen LogP contribution in [0.4, 0.5) is 0 Å². The van der Waals surface area contributed by atoms with E-state index in [1.54, 1.807) is 0 Å². The molecule has 0 saturated heterocycles. The molecule has 1 aliphatic carbocycles. The number of para-hydroxylation sites is 3. The second-order valence-corrected chi connectivity index (χ2v) is 14.1. The van der Waals surface area contributed by atoms with Crippen molar-refractivity contribution in [2.24, 2.45) is 10.7 Å². The monoisotopic (exact) mass is 723 g/mol. The van der Waals surface area contributed by atoms with Gasteiger partial charge >= 0.3 is 0 Å². The SMILES string of the molecule is C/C(=C\N=C(/N)c1ccccc1)c1cc(-c2cccc(-n3c4c(c5ccccc53)CCC=C4)n2)nc(-c2cccc(-n3c4ccccc4c4ccccc43)n2)c1. The van der Waals surface area contributed by atoms with E-state index in [1.165, 1.54) is 27.4 Å². The minimum absolute atomic E-state index is 0.450. The van der Waals surface area contributed by atoms with Crippen LogP contribution < -0.4 is 5.73 Å². The largest absolute Gasteiger partial charge is 0.383 e. The summed E-state index contributed by atoms with van der Waals surface area (Å²) in [7, 11) is 0. The Bertz CT molecular complexity index is 3000. The van der Waals surface area contributed by atoms with Gasteiger partial charge in [0.05, 0.1) is 45.0 Å². The maximum Gasteiger partial charge on any atom is 0.138 e. The fourth-order valence-electron chi connectivity index (χ4n) is 7.93. The Morgan fingerprint density at radius 3 is 1.77 bits per heavy atom. The fraction of sp³-hybridized carbons (Fsp3) is 0.0612. The summed E-state index contributed by atoms with van der Waals surface area (Å²) in [5.74, 6) is 2.11. The number of nitrogens with two attached hydrogens (primary N) is 1. The molecule has 0 radical (unpaired) electrons. The van der Waals surface area contributed by atoms with Crippen LogP contribution in [0.15, 0.2) is 169 Å². The van der Waals surface area contributed by atoms with Crippen LogP contribution in [0.1, 0.15) is 35.7 Å². The Balaban J connectivity index is 1.13. The van der Waals surface area contributed by atoms with Crippen molar-refractivity contribution in [1.29, 1.82) is 0 Å². The predicted molar refractivity (Wildman–Crippen MR) is 230 cm³/mol. The number of aliphatic imine (C=N–C) groups is 1. The molecule has 10 rings (SSSR count). The molecule has 1 aliphatic rings. The molecule has 268 valence electrons. The van der Waals surface area contributed by atoms with Crippen molar-refractivity contribution in [3.8, 4) is 34.4 Å². The first-order valence-electron chi connectivity index (χ1n) is 18.9. The molecule has 0 saturated carbocycles. The Morgan fingerprint density at radius 2 is 1.12 bits per heavy atom. The lowest BCUT2D eigenvalue weighted by Gasteiger charge is -2.14. The van der Waals surface area contributed by atoms with Gasteiger partial charge in [0.1, 0.15) is 17.5 Å². The fourth-order valence-corrected chi connectivity index (χ4v) is 7.93. The molecule has 4 aromatic carbocycles. The number of aryl methyl sites for hydroxylation is 1. The summed E-state index contributed by atoms with van der Waals surface area (Å²) in [6, 6.07) is 51.8. The van der Waals surface area contributed by atoms with E-state index in [9.17, 15) is 0 Å². The van der Waals surface area contributed by atoms with Gasteiger partial charge in [-0.05, 0) is 97.1 Å². The van der Waals surface area contributed by atoms with Crippen molar-refractivity contribution in [3.63, 3.8) is 0 Å². The summed E-state index contributed by atoms with van der Waals surface area (Å²) in [4.78, 5) is 20.5. The quantitative estimate of drug-likeness (QED) is 0.131. The van der Waals surface area contributed by atoms with Gasteiger partial charge in [-0.1, -0.05) is 103 Å². The Kier molecular flexibility index (Phi) is 8.18. The topological polar surface area (TPSA) is 86.9 Å². The highest BCUT2D eigenvalue weighted by molar-refractivity contribution is 6.09. The number of nitrogens with zero attached hydrogens (tertiary/aromatic N) is 6. The van der Waals surface area contributed by atoms with Gasteiger partial charge < -0.3 is 5.73 Å². The van der Waals surface area contributed by atoms with Gasteiger partial charge in [-0.2, -0.15) is 0 Å². The molecule has 0 atom stereocenters. The first-order valence-corrected chi connectivity index (χ1v) is 18.9. The molecule has 7 heteroatoms. The van der Waals surface area contributed by atoms with Crippen LogP contribution in [0.3, 0.4) is 0 Å². The first-order chi connectivity index (χ1) is 27.6. The third-order valence-electron chi connectivity index (χ3n) is 10.6. The van der Waals surface area contributed by atoms with Gasteiger partial charge in [0.25, 0.3) is 0 Å². The highest BCUT2D eigenvalue weighted by atomic mass is 15.1. The number of allylic oxidation sites excluding steroid dienone is 2. The molecule has 5 aromatic heterocycles. The summed E-state index contributed by atoms with van der Waals surface area (Å²) >= 11 is 0. The van der Waals surface area contributed by atoms with Crippen LogP contribution >= 0.6 is 0 Å². The number of benzene rings is 4. The second kappa shape index (κ2) is 13.8. The van der Waals surface area contributed by atoms with Gasteiger partial charge in [-0.3, -0.25) is 9.13 Å². The van der Waals surface area contributed by atoms with Gasteiger partial charge in [0, 0.05) is 27.9 Å². The number of hydrogen-bond donors (Lipinski definition) is 1. The van der Waals surface area contributed by atoms with Gasteiger partial charge in [0.2, 0.25) is 0 Å². The molecule has 5 heterocycles. The smallest absolute Gasteiger partial charge is 0.138 e. The van der Waals surface area contributed by atoms with Crippen molar-refractivity contribution in [3.05, 3.63) is 186 Å². The van der Waals surface area contributed by atoms with E-state index in [1.807, 2.05) is 55.6 Å². The summed E-state index contributed by atoms with van der Waals surface area (Å²) in [5, 5.41) is 3.64. The molecule has 9 aromatic rings. The second-order valence-electron chi connectivity index (χ2n) is 14.1. The van der Waals surface area contributed by atoms with Crippen LogP contribution in [0, 0.1) is 0 Å². The van der Waals surface area contributed by atoms with Crippen LogP contribution in [0.25, 0.3) is 78.8 Å². The van der Waals surface area contributed by atoms with Crippen molar-refractivity contribution in [2.75, 3.05) is 0 Å². The third-order valence-corrected chi connectivity index (χ3v) is 10.6. The van der Waals surface area contributed by atoms with Crippen molar-refractivity contribution in [2.45, 2.75) is 19.8 Å². The lowest BCUT2D eigenvalue weighted by Crippen LogP contribution is -2.12. The molecular weight excluding hydrogens is 687 g/mol. The Morgan fingerprint density at radius 1 is 0.571 bits per heavy atom. The average molecular weight is 724 g/mol. The molecule has 0 unspecified atom stereocenters. The minimum Gasteiger partial charge on any atom is -0.383 e. The van der Waals surface area contributed by atoms with Crippen LogP contribution in [-0.4, -0.2) is 29.9 Å². The molecule has 0 amide bonds. The van der Waals surface area contributed by atoms with Crippen molar-refractivity contribution < 1.29 is 0 Å². The van der Waals surface area contributed by atoms with E-state index in [-0.39, 0.29) is 0 Å². The highest BCUT2D eigenvalue weighted by Crippen LogP contribution is 2.35. The number of pyridine rings is 3. The van der Waals surface area contributed by atoms with Crippen LogP contribution in [0.2, 0.25) is 0 Å². The van der Waals surface area contributed by atoms with Crippen molar-refractivity contribution >= 4 is 50.2 Å². The average Bonchev–Trinajstić information content (AvgIpc) is 3.79. The van der Waals surface area contributed by atoms with Gasteiger partial charge in [-0.15, -0.1) is 0 Å². The predicted octanol–water partition coefficient (Wildman–Crippen LogP) is 11.0. The standard InChI is InChI=1S/C49H37N7/c1-32(31-51-49(50)33-15-3-2-4-16-33)34-29-41(39-21-13-27-47(53-39)55-43-23-9-5-17-35(43)36-18-6-10-24-44(36)55)52-42(30-34)40-22-14-28-48(54-40)56-45-25-11-7-19-37(45)38-20-8-12-26-46(38)56/h2-7,9-19,21-31H,8,20H2,1H3,(H2,50,51)/b32-31+. The maximum atomic E-state index is 6.42. The molecule has 0 aliphatic heterocycles. The van der Waals surface area contributed by atoms with E-state index in [0.29, 0.717) is 5.84 Å². The number of fused-ring (bicyclic) bond motifs is 6. The van der Waals surface area contributed by atoms with Crippen molar-refractivity contribution in [1.82, 2.24) is 24.1 Å². The zero-order valence-electron chi connectivity index (χ0n) is 30.8. The Labute approximate surface area is 324 Å². The van der Waals surface area contributed by atoms with Gasteiger partial charge in [-0.25, -0.2) is 19.9 Å². The molecule has 2 N–H and O–H groups in total. The molecule has 0 bridgehead atoms. The maximum absolute atomic E-state index is 6.42. The van der Waals surface area contributed by atoms with E-state index >= 15 is 0 Å². The number of rotatable bonds is 7. The summed E-state index contributed by atoms with van der Waals surface area (Å²) in [6.07, 6.45) is 8.35. The summed E-state index contributed by atoms with van der Waals surface area (Å²) < 4.78 is 4.50. The molecule has 7 nitrogen and oxygen atoms in total. The Hall–Kier alpha value is -7.38. The van der Waals surface area contributed by atoms with Crippen LogP contribution in [-0.2, 0) is 6.42 Å². The number of hydrogen-bond acceptors (Lipinski definition) is 4. The molecule has 56 heavy (non-hydrogen) atoms. The zero-order chi connectivity index (χ0) is 37.6. The highest BCUT2D eigenvalue weighted by Gasteiger charge is 2.20. The molecule has 0 spiro atoms. The molecular formula is C49H37N7.